The second kappa shape index (κ2) is 8.36. The van der Waals surface area contributed by atoms with Crippen molar-refractivity contribution in [1.82, 2.24) is 20.1 Å². The largest absolute Gasteiger partial charge is 0.486 e. The van der Waals surface area contributed by atoms with Crippen LogP contribution in [0, 0.1) is 0 Å². The molecule has 0 amide bonds. The molecule has 0 spiro atoms. The Bertz CT molecular complexity index is 1220. The number of fused-ring (bicyclic) bond motifs is 2. The molecule has 0 bridgehead atoms. The lowest BCUT2D eigenvalue weighted by Gasteiger charge is -2.31. The number of hydrogen-bond acceptors (Lipinski definition) is 4. The van der Waals surface area contributed by atoms with Crippen LogP contribution in [0.1, 0.15) is 30.0 Å². The lowest BCUT2D eigenvalue weighted by Crippen LogP contribution is -2.34. The van der Waals surface area contributed by atoms with Crippen molar-refractivity contribution >= 4 is 10.9 Å². The first-order chi connectivity index (χ1) is 15.8. The summed E-state index contributed by atoms with van der Waals surface area (Å²) in [5, 5.41) is 9.24. The summed E-state index contributed by atoms with van der Waals surface area (Å²) >= 11 is 0. The molecule has 1 fully saturated rings. The Morgan fingerprint density at radius 3 is 2.72 bits per heavy atom. The van der Waals surface area contributed by atoms with E-state index < -0.39 is 0 Å². The van der Waals surface area contributed by atoms with E-state index in [1.165, 1.54) is 22.2 Å². The van der Waals surface area contributed by atoms with Crippen molar-refractivity contribution in [2.24, 2.45) is 0 Å². The van der Waals surface area contributed by atoms with Crippen molar-refractivity contribution < 1.29 is 9.47 Å². The Morgan fingerprint density at radius 1 is 0.969 bits per heavy atom. The minimum absolute atomic E-state index is 0.540. The fourth-order valence-electron chi connectivity index (χ4n) is 4.98. The molecule has 0 saturated carbocycles. The Hall–Kier alpha value is -3.25. The van der Waals surface area contributed by atoms with Crippen molar-refractivity contribution in [1.29, 1.82) is 0 Å². The van der Waals surface area contributed by atoms with Gasteiger partial charge in [0.25, 0.3) is 0 Å². The van der Waals surface area contributed by atoms with E-state index in [0.717, 1.165) is 61.7 Å². The van der Waals surface area contributed by atoms with Gasteiger partial charge in [0.1, 0.15) is 13.2 Å². The first kappa shape index (κ1) is 19.4. The van der Waals surface area contributed by atoms with Crippen LogP contribution in [0.5, 0.6) is 11.5 Å². The second-order valence-corrected chi connectivity index (χ2v) is 8.79. The summed E-state index contributed by atoms with van der Waals surface area (Å²) in [5.74, 6) is 2.16. The van der Waals surface area contributed by atoms with Crippen LogP contribution in [0.15, 0.2) is 54.7 Å². The summed E-state index contributed by atoms with van der Waals surface area (Å²) in [7, 11) is 0. The third-order valence-electron chi connectivity index (χ3n) is 6.84. The quantitative estimate of drug-likeness (QED) is 0.481. The van der Waals surface area contributed by atoms with Gasteiger partial charge in [-0.1, -0.05) is 18.2 Å². The van der Waals surface area contributed by atoms with Gasteiger partial charge in [0.15, 0.2) is 11.5 Å². The Kier molecular flexibility index (Phi) is 5.07. The van der Waals surface area contributed by atoms with E-state index in [0.29, 0.717) is 19.1 Å². The monoisotopic (exact) mass is 428 g/mol. The topological polar surface area (TPSA) is 66.2 Å². The van der Waals surface area contributed by atoms with Gasteiger partial charge in [0.05, 0.1) is 5.69 Å². The number of hydrogen-bond donors (Lipinski definition) is 2. The number of para-hydroxylation sites is 1. The first-order valence-electron chi connectivity index (χ1n) is 11.6. The molecule has 6 rings (SSSR count). The summed E-state index contributed by atoms with van der Waals surface area (Å²) < 4.78 is 11.4. The van der Waals surface area contributed by atoms with Gasteiger partial charge in [0, 0.05) is 40.8 Å². The highest BCUT2D eigenvalue weighted by atomic mass is 16.6. The number of ether oxygens (including phenoxy) is 2. The molecule has 0 aliphatic carbocycles. The SMILES string of the molecule is c1ccc2c(CCN3CCC(c4cc(-c5ccc6c(c5)OCCO6)n[nH]4)CC3)c[nH]c2c1. The van der Waals surface area contributed by atoms with E-state index in [1.807, 2.05) is 12.1 Å². The van der Waals surface area contributed by atoms with Crippen LogP contribution < -0.4 is 9.47 Å². The average Bonchev–Trinajstić information content (AvgIpc) is 3.51. The average molecular weight is 429 g/mol. The van der Waals surface area contributed by atoms with Crippen molar-refractivity contribution in [3.05, 3.63) is 66.0 Å². The maximum atomic E-state index is 5.72. The number of nitrogens with one attached hydrogen (secondary N) is 2. The molecule has 2 aliphatic rings. The van der Waals surface area contributed by atoms with E-state index in [2.05, 4.69) is 62.7 Å². The molecular formula is C26H28N4O2. The summed E-state index contributed by atoms with van der Waals surface area (Å²) in [6, 6.07) is 16.8. The number of aromatic nitrogens is 3. The number of likely N-dealkylation sites (tertiary alicyclic amines) is 1. The van der Waals surface area contributed by atoms with Crippen molar-refractivity contribution in [2.75, 3.05) is 32.8 Å². The van der Waals surface area contributed by atoms with Crippen LogP contribution in [0.2, 0.25) is 0 Å². The smallest absolute Gasteiger partial charge is 0.162 e. The number of rotatable bonds is 5. The third kappa shape index (κ3) is 3.75. The van der Waals surface area contributed by atoms with Gasteiger partial charge < -0.3 is 19.4 Å². The van der Waals surface area contributed by atoms with Crippen LogP contribution in [-0.2, 0) is 6.42 Å². The normalized spacial score (nSPS) is 17.1. The van der Waals surface area contributed by atoms with Gasteiger partial charge in [-0.2, -0.15) is 5.10 Å². The molecule has 6 nitrogen and oxygen atoms in total. The summed E-state index contributed by atoms with van der Waals surface area (Å²) in [6.07, 6.45) is 5.59. The van der Waals surface area contributed by atoms with Crippen LogP contribution in [-0.4, -0.2) is 52.9 Å². The number of H-pyrrole nitrogens is 2. The highest BCUT2D eigenvalue weighted by Crippen LogP contribution is 2.35. The van der Waals surface area contributed by atoms with Crippen molar-refractivity contribution in [2.45, 2.75) is 25.2 Å². The predicted octanol–water partition coefficient (Wildman–Crippen LogP) is 4.75. The van der Waals surface area contributed by atoms with E-state index in [-0.39, 0.29) is 0 Å². The van der Waals surface area contributed by atoms with Crippen molar-refractivity contribution in [3.8, 4) is 22.8 Å². The number of piperidine rings is 1. The zero-order chi connectivity index (χ0) is 21.3. The molecule has 2 aromatic heterocycles. The van der Waals surface area contributed by atoms with Gasteiger partial charge in [-0.25, -0.2) is 0 Å². The molecule has 2 N–H and O–H groups in total. The molecule has 6 heteroatoms. The summed E-state index contributed by atoms with van der Waals surface area (Å²) in [5.41, 5.74) is 5.92. The standard InChI is InChI=1S/C26H28N4O2/c1-2-4-22-21(3-1)20(17-27-22)9-12-30-10-7-18(8-11-30)23-16-24(29-28-23)19-5-6-25-26(15-19)32-14-13-31-25/h1-6,15-18,27H,7-14H2,(H,28,29). The van der Waals surface area contributed by atoms with E-state index >= 15 is 0 Å². The molecule has 2 aliphatic heterocycles. The summed E-state index contributed by atoms with van der Waals surface area (Å²) in [4.78, 5) is 5.99. The molecule has 32 heavy (non-hydrogen) atoms. The summed E-state index contributed by atoms with van der Waals surface area (Å²) in [6.45, 7) is 4.58. The van der Waals surface area contributed by atoms with Gasteiger partial charge >= 0.3 is 0 Å². The highest BCUT2D eigenvalue weighted by Gasteiger charge is 2.23. The van der Waals surface area contributed by atoms with Crippen LogP contribution in [0.4, 0.5) is 0 Å². The Morgan fingerprint density at radius 2 is 1.81 bits per heavy atom. The van der Waals surface area contributed by atoms with Gasteiger partial charge in [0.2, 0.25) is 0 Å². The second-order valence-electron chi connectivity index (χ2n) is 8.79. The molecular weight excluding hydrogens is 400 g/mol. The number of aromatic amines is 2. The van der Waals surface area contributed by atoms with E-state index in [4.69, 9.17) is 9.47 Å². The van der Waals surface area contributed by atoms with Gasteiger partial charge in [-0.3, -0.25) is 5.10 Å². The molecule has 2 aromatic carbocycles. The lowest BCUT2D eigenvalue weighted by molar-refractivity contribution is 0.171. The van der Waals surface area contributed by atoms with Gasteiger partial charge in [-0.05, 0) is 68.2 Å². The maximum Gasteiger partial charge on any atom is 0.162 e. The number of benzene rings is 2. The minimum Gasteiger partial charge on any atom is -0.486 e. The van der Waals surface area contributed by atoms with E-state index in [9.17, 15) is 0 Å². The molecule has 4 aromatic rings. The molecule has 4 heterocycles. The fraction of sp³-hybridized carbons (Fsp3) is 0.346. The van der Waals surface area contributed by atoms with Crippen LogP contribution >= 0.6 is 0 Å². The fourth-order valence-corrected chi connectivity index (χ4v) is 4.98. The lowest BCUT2D eigenvalue weighted by atomic mass is 9.93. The van der Waals surface area contributed by atoms with Gasteiger partial charge in [-0.15, -0.1) is 0 Å². The molecule has 164 valence electrons. The predicted molar refractivity (Wildman–Crippen MR) is 125 cm³/mol. The minimum atomic E-state index is 0.540. The van der Waals surface area contributed by atoms with Crippen LogP contribution in [0.3, 0.4) is 0 Å². The number of nitrogens with zero attached hydrogens (tertiary/aromatic N) is 2. The molecule has 0 radical (unpaired) electrons. The Balaban J connectivity index is 1.06. The highest BCUT2D eigenvalue weighted by molar-refractivity contribution is 5.83. The zero-order valence-corrected chi connectivity index (χ0v) is 18.1. The van der Waals surface area contributed by atoms with E-state index in [1.54, 1.807) is 0 Å². The first-order valence-corrected chi connectivity index (χ1v) is 11.6. The maximum absolute atomic E-state index is 5.72. The molecule has 0 atom stereocenters. The molecule has 0 unspecified atom stereocenters. The Labute approximate surface area is 187 Å². The third-order valence-corrected chi connectivity index (χ3v) is 6.84. The molecule has 1 saturated heterocycles. The van der Waals surface area contributed by atoms with Crippen LogP contribution in [0.25, 0.3) is 22.2 Å². The zero-order valence-electron chi connectivity index (χ0n) is 18.1. The van der Waals surface area contributed by atoms with Crippen molar-refractivity contribution in [3.63, 3.8) is 0 Å².